The molecule has 0 spiro atoms. The van der Waals surface area contributed by atoms with Gasteiger partial charge >= 0.3 is 47.8 Å². The Labute approximate surface area is 758 Å². The first-order valence-corrected chi connectivity index (χ1v) is 44.8. The van der Waals surface area contributed by atoms with Crippen LogP contribution in [-0.2, 0) is 47.4 Å². The lowest BCUT2D eigenvalue weighted by atomic mass is 9.72. The molecule has 8 aromatic rings. The minimum atomic E-state index is -1.48. The molecule has 0 bridgehead atoms. The summed E-state index contributed by atoms with van der Waals surface area (Å²) in [6.45, 7) is 20.4. The van der Waals surface area contributed by atoms with E-state index < -0.39 is 121 Å². The van der Waals surface area contributed by atoms with Gasteiger partial charge in [0.2, 0.25) is 0 Å². The summed E-state index contributed by atoms with van der Waals surface area (Å²) in [4.78, 5) is 113. The molecule has 2 aliphatic carbocycles. The molecule has 4 aliphatic rings. The zero-order valence-electron chi connectivity index (χ0n) is 73.5. The molecule has 0 saturated carbocycles. The molecule has 2 heterocycles. The molecule has 2 saturated heterocycles. The zero-order chi connectivity index (χ0) is 90.7. The average Bonchev–Trinajstić information content (AvgIpc) is 0.767. The maximum Gasteiger partial charge on any atom is 0.338 e. The summed E-state index contributed by atoms with van der Waals surface area (Å²) < 4.78 is 64.4. The van der Waals surface area contributed by atoms with E-state index in [4.69, 9.17) is 47.4 Å². The van der Waals surface area contributed by atoms with E-state index >= 15 is 0 Å². The van der Waals surface area contributed by atoms with Crippen molar-refractivity contribution in [3.63, 3.8) is 0 Å². The van der Waals surface area contributed by atoms with E-state index in [1.807, 2.05) is 64.2 Å². The highest BCUT2D eigenvalue weighted by Crippen LogP contribution is 2.50. The summed E-state index contributed by atoms with van der Waals surface area (Å²) in [5, 5.41) is -0.444. The molecule has 12 atom stereocenters. The molecule has 0 unspecified atom stereocenters. The lowest BCUT2D eigenvalue weighted by Gasteiger charge is -2.46. The minimum Gasteiger partial charge on any atom is -0.459 e. The molecule has 2 aliphatic heterocycles. The first kappa shape index (κ1) is 94.4. The Morgan fingerprint density at radius 3 is 0.805 bits per heavy atom. The number of hydrogen-bond donors (Lipinski definition) is 0. The van der Waals surface area contributed by atoms with Crippen LogP contribution < -0.4 is 0 Å². The fourth-order valence-electron chi connectivity index (χ4n) is 15.5. The van der Waals surface area contributed by atoms with E-state index in [0.717, 1.165) is 57.4 Å². The highest BCUT2D eigenvalue weighted by atomic mass is 32.2. The van der Waals surface area contributed by atoms with Gasteiger partial charge < -0.3 is 47.4 Å². The van der Waals surface area contributed by atoms with Crippen molar-refractivity contribution >= 4 is 71.3 Å². The van der Waals surface area contributed by atoms with Crippen LogP contribution >= 0.6 is 23.5 Å². The van der Waals surface area contributed by atoms with E-state index in [1.54, 1.807) is 243 Å². The van der Waals surface area contributed by atoms with E-state index in [9.17, 15) is 38.4 Å². The Morgan fingerprint density at radius 2 is 0.539 bits per heavy atom. The summed E-state index contributed by atoms with van der Waals surface area (Å²) in [5.74, 6) is -5.84. The number of thioether (sulfide) groups is 2. The van der Waals surface area contributed by atoms with Crippen molar-refractivity contribution in [3.8, 4) is 0 Å². The second-order valence-corrected chi connectivity index (χ2v) is 35.7. The number of hydrogen-bond acceptors (Lipinski definition) is 20. The van der Waals surface area contributed by atoms with E-state index in [0.29, 0.717) is 12.8 Å². The number of ether oxygens (including phenoxy) is 10. The first-order valence-electron chi connectivity index (χ1n) is 42.9. The predicted molar refractivity (Wildman–Crippen MR) is 500 cm³/mol. The SMILES string of the molecule is CC1=C(/C=C/C(C)=C/C=C/C(C)=C/C=C/C=C(C)/C=C/C=C(C)/C=C/C2=C(C)[C@H](S[C@@H]3O[C@H](COC(=O)c4ccccc4)[C@@H](OC(=O)c4ccccc4)[C@H](OC(=O)c4ccccc4)[C@H]3OC(=O)c3ccccc3)CCC2(C)C)C(C)(C)CC[C@@H]1S[C@@H]1O[C@H](COC(=O)c2ccccc2)[C@@H](OC(=O)c2ccccc2)[C@H](OC(=O)c2ccccc2)[C@H]1OC(=O)c1ccccc1. The number of rotatable bonds is 32. The van der Waals surface area contributed by atoms with Crippen LogP contribution in [0, 0.1) is 10.8 Å². The number of carbonyl (C=O) groups excluding carboxylic acids is 8. The van der Waals surface area contributed by atoms with Gasteiger partial charge in [0.05, 0.1) is 44.5 Å². The molecule has 0 N–H and O–H groups in total. The molecular weight excluding hydrogens is 1650 g/mol. The topological polar surface area (TPSA) is 229 Å². The fraction of sp³-hybridized carbons (Fsp3) is 0.278. The third-order valence-electron chi connectivity index (χ3n) is 22.7. The lowest BCUT2D eigenvalue weighted by molar-refractivity contribution is -0.207. The summed E-state index contributed by atoms with van der Waals surface area (Å²) >= 11 is 2.81. The smallest absolute Gasteiger partial charge is 0.338 e. The molecule has 20 heteroatoms. The molecule has 0 aromatic heterocycles. The van der Waals surface area contributed by atoms with Gasteiger partial charge in [0, 0.05) is 10.5 Å². The number of esters is 8. The summed E-state index contributed by atoms with van der Waals surface area (Å²) in [7, 11) is 0. The van der Waals surface area contributed by atoms with Gasteiger partial charge in [-0.15, -0.1) is 23.5 Å². The molecule has 128 heavy (non-hydrogen) atoms. The fourth-order valence-corrected chi connectivity index (χ4v) is 18.5. The maximum absolute atomic E-state index is 14.4. The Bertz CT molecular complexity index is 5200. The summed E-state index contributed by atoms with van der Waals surface area (Å²) in [5.41, 5.74) is 7.62. The normalized spacial score (nSPS) is 22.7. The van der Waals surface area contributed by atoms with Crippen LogP contribution in [0.15, 0.2) is 372 Å². The first-order chi connectivity index (χ1) is 61.8. The van der Waals surface area contributed by atoms with Crippen molar-refractivity contribution in [2.24, 2.45) is 10.8 Å². The van der Waals surface area contributed by atoms with Crippen molar-refractivity contribution in [1.29, 1.82) is 0 Å². The Morgan fingerprint density at radius 1 is 0.312 bits per heavy atom. The summed E-state index contributed by atoms with van der Waals surface area (Å²) in [6.07, 6.45) is 20.7. The number of allylic oxidation sites excluding steroid dienone is 20. The zero-order valence-corrected chi connectivity index (χ0v) is 75.1. The van der Waals surface area contributed by atoms with Gasteiger partial charge in [-0.2, -0.15) is 0 Å². The lowest BCUT2D eigenvalue weighted by Crippen LogP contribution is -2.62. The predicted octanol–water partition coefficient (Wildman–Crippen LogP) is 22.5. The monoisotopic (exact) mass is 1760 g/mol. The molecule has 0 amide bonds. The van der Waals surface area contributed by atoms with Gasteiger partial charge in [0.25, 0.3) is 0 Å². The van der Waals surface area contributed by atoms with Gasteiger partial charge in [-0.25, -0.2) is 38.4 Å². The number of benzene rings is 8. The Kier molecular flexibility index (Phi) is 33.7. The molecule has 12 rings (SSSR count). The maximum atomic E-state index is 14.4. The van der Waals surface area contributed by atoms with Crippen LogP contribution in [0.2, 0.25) is 0 Å². The van der Waals surface area contributed by atoms with Crippen LogP contribution in [0.1, 0.15) is 178 Å². The van der Waals surface area contributed by atoms with Gasteiger partial charge in [-0.3, -0.25) is 0 Å². The molecular formula is C108H108O18S2. The standard InChI is InChI=1S/C108H108O18S2/c1-71(41-37-43-73(3)61-63-85-75(5)89(65-67-107(85,7)8)127-105-95(125-103(115)83-57-31-17-32-58-83)93(123-101(113)81-53-27-15-28-54-81)91(121-99(111)79-49-23-13-24-50-79)87(119-105)69-117-97(109)77-45-19-11-20-46-77)39-35-36-40-72(2)42-38-44-74(4)62-64-86-76(6)90(66-68-108(86,9)10)128-106-96(126-104(116)84-59-33-18-34-60-84)94(124-102(114)82-55-29-16-30-56-82)92(122-100(112)80-51-25-14-26-52-80)88(120-106)70-118-98(110)78-47-21-12-22-48-78/h11-64,87-96,105-106H,65-70H2,1-10H3/b36-35+,41-37+,42-38+,63-61+,64-62+,71-39+,72-40+,73-43+,74-44+/t87-,88-,89-,90+,91-,92-,93+,94+,95-,96-,105+,106+/m1/s1. The van der Waals surface area contributed by atoms with Crippen LogP contribution in [-0.4, -0.2) is 131 Å². The van der Waals surface area contributed by atoms with Crippen LogP contribution in [0.4, 0.5) is 0 Å². The highest BCUT2D eigenvalue weighted by Gasteiger charge is 2.56. The van der Waals surface area contributed by atoms with Crippen molar-refractivity contribution in [2.45, 2.75) is 165 Å². The van der Waals surface area contributed by atoms with Gasteiger partial charge in [-0.05, 0) is 186 Å². The third kappa shape index (κ3) is 26.0. The van der Waals surface area contributed by atoms with Crippen molar-refractivity contribution in [1.82, 2.24) is 0 Å². The van der Waals surface area contributed by atoms with Crippen LogP contribution in [0.3, 0.4) is 0 Å². The van der Waals surface area contributed by atoms with Crippen molar-refractivity contribution < 1.29 is 85.7 Å². The van der Waals surface area contributed by atoms with E-state index in [2.05, 4.69) is 90.2 Å². The minimum absolute atomic E-state index is 0.199. The van der Waals surface area contributed by atoms with Crippen LogP contribution in [0.25, 0.3) is 0 Å². The van der Waals surface area contributed by atoms with Crippen molar-refractivity contribution in [3.05, 3.63) is 417 Å². The second-order valence-electron chi connectivity index (χ2n) is 33.1. The van der Waals surface area contributed by atoms with E-state index in [-0.39, 0.29) is 65.8 Å². The van der Waals surface area contributed by atoms with Gasteiger partial charge in [0.1, 0.15) is 36.3 Å². The largest absolute Gasteiger partial charge is 0.459 e. The third-order valence-corrected chi connectivity index (χ3v) is 25.8. The van der Waals surface area contributed by atoms with Crippen molar-refractivity contribution in [2.75, 3.05) is 13.2 Å². The van der Waals surface area contributed by atoms with E-state index in [1.165, 1.54) is 23.5 Å². The van der Waals surface area contributed by atoms with Gasteiger partial charge in [-0.1, -0.05) is 292 Å². The molecule has 2 fully saturated rings. The second kappa shape index (κ2) is 45.6. The van der Waals surface area contributed by atoms with Crippen LogP contribution in [0.5, 0.6) is 0 Å². The highest BCUT2D eigenvalue weighted by molar-refractivity contribution is 8.00. The van der Waals surface area contributed by atoms with Gasteiger partial charge in [0.15, 0.2) is 36.6 Å². The average molecular weight is 1760 g/mol. The quantitative estimate of drug-likeness (QED) is 0.0217. The Hall–Kier alpha value is -12.7. The molecule has 18 nitrogen and oxygen atoms in total. The number of carbonyl (C=O) groups is 8. The summed E-state index contributed by atoms with van der Waals surface area (Å²) in [6, 6.07) is 67.1. The molecule has 660 valence electrons. The molecule has 0 radical (unpaired) electrons. The Balaban J connectivity index is 0.727. The molecule has 8 aromatic carbocycles.